The highest BCUT2D eigenvalue weighted by Gasteiger charge is 2.29. The number of sulfone groups is 2. The van der Waals surface area contributed by atoms with Crippen LogP contribution in [0.15, 0.2) is 35.7 Å². The van der Waals surface area contributed by atoms with Gasteiger partial charge in [0.05, 0.1) is 16.4 Å². The molecule has 1 heterocycles. The fourth-order valence-corrected chi connectivity index (χ4v) is 5.61. The van der Waals surface area contributed by atoms with Gasteiger partial charge in [-0.05, 0) is 5.56 Å². The molecular weight excluding hydrogens is 248 g/mol. The van der Waals surface area contributed by atoms with E-state index < -0.39 is 19.7 Å². The highest BCUT2D eigenvalue weighted by Crippen LogP contribution is 2.26. The summed E-state index contributed by atoms with van der Waals surface area (Å²) in [7, 11) is -6.86. The number of rotatable bonds is 1. The third kappa shape index (κ3) is 2.17. The summed E-state index contributed by atoms with van der Waals surface area (Å²) in [6.07, 6.45) is 0. The molecule has 1 aromatic carbocycles. The van der Waals surface area contributed by atoms with Gasteiger partial charge in [0.25, 0.3) is 0 Å². The van der Waals surface area contributed by atoms with Crippen LogP contribution in [-0.4, -0.2) is 28.3 Å². The molecule has 1 aromatic rings. The molecule has 0 unspecified atom stereocenters. The van der Waals surface area contributed by atoms with Crippen molar-refractivity contribution in [3.05, 3.63) is 41.3 Å². The molecule has 4 nitrogen and oxygen atoms in total. The SMILES string of the molecule is O=S1(=O)C=C(c2ccccc2)S(=O)(=O)CC1. The molecular formula is C10H10O4S2. The first-order valence-electron chi connectivity index (χ1n) is 4.63. The molecule has 0 radical (unpaired) electrons. The molecule has 0 spiro atoms. The van der Waals surface area contributed by atoms with E-state index in [4.69, 9.17) is 0 Å². The van der Waals surface area contributed by atoms with Gasteiger partial charge in [-0.1, -0.05) is 30.3 Å². The lowest BCUT2D eigenvalue weighted by Crippen LogP contribution is -2.22. The molecule has 6 heteroatoms. The summed E-state index contributed by atoms with van der Waals surface area (Å²) in [4.78, 5) is -0.0978. The van der Waals surface area contributed by atoms with Crippen molar-refractivity contribution in [2.24, 2.45) is 0 Å². The first-order chi connectivity index (χ1) is 7.41. The zero-order valence-electron chi connectivity index (χ0n) is 8.33. The van der Waals surface area contributed by atoms with Gasteiger partial charge in [0, 0.05) is 5.41 Å². The van der Waals surface area contributed by atoms with Gasteiger partial charge in [-0.15, -0.1) is 0 Å². The van der Waals surface area contributed by atoms with E-state index in [2.05, 4.69) is 0 Å². The second kappa shape index (κ2) is 3.71. The Morgan fingerprint density at radius 2 is 1.50 bits per heavy atom. The zero-order chi connectivity index (χ0) is 11.8. The molecule has 0 aliphatic carbocycles. The summed E-state index contributed by atoms with van der Waals surface area (Å²) in [5, 5.41) is 0.862. The van der Waals surface area contributed by atoms with Gasteiger partial charge in [0.1, 0.15) is 0 Å². The molecule has 1 aliphatic heterocycles. The topological polar surface area (TPSA) is 68.3 Å². The lowest BCUT2D eigenvalue weighted by molar-refractivity contribution is 0.595. The Hall–Kier alpha value is -1.14. The quantitative estimate of drug-likeness (QED) is 0.748. The lowest BCUT2D eigenvalue weighted by atomic mass is 10.2. The molecule has 0 aromatic heterocycles. The third-order valence-electron chi connectivity index (χ3n) is 2.32. The van der Waals surface area contributed by atoms with Crippen molar-refractivity contribution in [3.63, 3.8) is 0 Å². The van der Waals surface area contributed by atoms with E-state index in [-0.39, 0.29) is 16.4 Å². The molecule has 0 amide bonds. The van der Waals surface area contributed by atoms with Crippen LogP contribution in [0.1, 0.15) is 5.56 Å². The highest BCUT2D eigenvalue weighted by molar-refractivity contribution is 8.05. The summed E-state index contributed by atoms with van der Waals surface area (Å²) in [5.74, 6) is -0.665. The van der Waals surface area contributed by atoms with Crippen LogP contribution >= 0.6 is 0 Å². The van der Waals surface area contributed by atoms with E-state index in [1.807, 2.05) is 0 Å². The Balaban J connectivity index is 2.66. The summed E-state index contributed by atoms with van der Waals surface area (Å²) >= 11 is 0. The monoisotopic (exact) mass is 258 g/mol. The lowest BCUT2D eigenvalue weighted by Gasteiger charge is -2.13. The molecule has 2 rings (SSSR count). The minimum absolute atomic E-state index is 0.0978. The molecule has 0 bridgehead atoms. The van der Waals surface area contributed by atoms with Gasteiger partial charge in [0.2, 0.25) is 0 Å². The minimum atomic E-state index is -3.47. The predicted octanol–water partition coefficient (Wildman–Crippen LogP) is 0.828. The van der Waals surface area contributed by atoms with Gasteiger partial charge in [-0.2, -0.15) is 0 Å². The van der Waals surface area contributed by atoms with Crippen molar-refractivity contribution in [2.45, 2.75) is 0 Å². The summed E-state index contributed by atoms with van der Waals surface area (Å²) < 4.78 is 46.2. The third-order valence-corrected chi connectivity index (χ3v) is 5.86. The average molecular weight is 258 g/mol. The Labute approximate surface area is 94.4 Å². The van der Waals surface area contributed by atoms with Crippen molar-refractivity contribution >= 4 is 24.6 Å². The van der Waals surface area contributed by atoms with Gasteiger partial charge >= 0.3 is 0 Å². The van der Waals surface area contributed by atoms with Crippen LogP contribution in [0.4, 0.5) is 0 Å². The van der Waals surface area contributed by atoms with Crippen LogP contribution in [0.5, 0.6) is 0 Å². The molecule has 1 aliphatic rings. The van der Waals surface area contributed by atoms with Crippen LogP contribution in [0.25, 0.3) is 4.91 Å². The Morgan fingerprint density at radius 1 is 0.875 bits per heavy atom. The molecule has 0 saturated carbocycles. The van der Waals surface area contributed by atoms with E-state index in [0.29, 0.717) is 5.56 Å². The van der Waals surface area contributed by atoms with Crippen LogP contribution in [-0.2, 0) is 19.7 Å². The van der Waals surface area contributed by atoms with Crippen molar-refractivity contribution in [2.75, 3.05) is 11.5 Å². The Bertz CT molecular complexity index is 625. The van der Waals surface area contributed by atoms with Crippen LogP contribution in [0.3, 0.4) is 0 Å². The van der Waals surface area contributed by atoms with Crippen LogP contribution in [0, 0.1) is 0 Å². The molecule has 86 valence electrons. The maximum Gasteiger partial charge on any atom is 0.180 e. The van der Waals surface area contributed by atoms with E-state index in [0.717, 1.165) is 5.41 Å². The van der Waals surface area contributed by atoms with Crippen LogP contribution in [0.2, 0.25) is 0 Å². The minimum Gasteiger partial charge on any atom is -0.224 e. The maximum atomic E-state index is 11.7. The average Bonchev–Trinajstić information content (AvgIpc) is 2.24. The smallest absolute Gasteiger partial charge is 0.180 e. The van der Waals surface area contributed by atoms with E-state index >= 15 is 0 Å². The van der Waals surface area contributed by atoms with E-state index in [1.54, 1.807) is 30.3 Å². The molecule has 0 atom stereocenters. The summed E-state index contributed by atoms with van der Waals surface area (Å²) in [6, 6.07) is 8.27. The fraction of sp³-hybridized carbons (Fsp3) is 0.200. The molecule has 0 fully saturated rings. The van der Waals surface area contributed by atoms with Gasteiger partial charge < -0.3 is 0 Å². The first-order valence-corrected chi connectivity index (χ1v) is 8.00. The van der Waals surface area contributed by atoms with Crippen molar-refractivity contribution in [1.82, 2.24) is 0 Å². The maximum absolute atomic E-state index is 11.7. The van der Waals surface area contributed by atoms with Crippen molar-refractivity contribution in [1.29, 1.82) is 0 Å². The molecule has 0 saturated heterocycles. The Morgan fingerprint density at radius 3 is 2.12 bits per heavy atom. The second-order valence-corrected chi connectivity index (χ2v) is 7.58. The Kier molecular flexibility index (Phi) is 2.63. The summed E-state index contributed by atoms with van der Waals surface area (Å²) in [5.41, 5.74) is 0.422. The predicted molar refractivity (Wildman–Crippen MR) is 62.0 cm³/mol. The summed E-state index contributed by atoms with van der Waals surface area (Å²) in [6.45, 7) is 0. The number of benzene rings is 1. The number of hydrogen-bond donors (Lipinski definition) is 0. The first kappa shape index (κ1) is 11.3. The normalized spacial score (nSPS) is 22.4. The van der Waals surface area contributed by atoms with Gasteiger partial charge in [-0.25, -0.2) is 16.8 Å². The van der Waals surface area contributed by atoms with E-state index in [1.165, 1.54) is 0 Å². The van der Waals surface area contributed by atoms with Gasteiger partial charge in [-0.3, -0.25) is 0 Å². The standard InChI is InChI=1S/C10H10O4S2/c11-15(12)6-7-16(13,14)10(8-15)9-4-2-1-3-5-9/h1-5,8H,6-7H2. The van der Waals surface area contributed by atoms with Crippen molar-refractivity contribution in [3.8, 4) is 0 Å². The van der Waals surface area contributed by atoms with Crippen LogP contribution < -0.4 is 0 Å². The van der Waals surface area contributed by atoms with E-state index in [9.17, 15) is 16.8 Å². The highest BCUT2D eigenvalue weighted by atomic mass is 32.2. The molecule has 0 N–H and O–H groups in total. The largest absolute Gasteiger partial charge is 0.224 e. The van der Waals surface area contributed by atoms with Crippen molar-refractivity contribution < 1.29 is 16.8 Å². The molecule has 16 heavy (non-hydrogen) atoms. The number of hydrogen-bond acceptors (Lipinski definition) is 4. The fourth-order valence-electron chi connectivity index (χ4n) is 1.48. The second-order valence-electron chi connectivity index (χ2n) is 3.53. The van der Waals surface area contributed by atoms with Gasteiger partial charge in [0.15, 0.2) is 19.7 Å². The zero-order valence-corrected chi connectivity index (χ0v) is 9.96.